The number of nitrogens with one attached hydrogen (secondary N) is 2. The largest absolute Gasteiger partial charge is 0.586 e. The first-order valence-electron chi connectivity index (χ1n) is 7.87. The lowest BCUT2D eigenvalue weighted by molar-refractivity contribution is -0.868. The molecular formula is C16H25F2N3O3+2. The highest BCUT2D eigenvalue weighted by Crippen LogP contribution is 2.42. The van der Waals surface area contributed by atoms with Crippen molar-refractivity contribution in [1.82, 2.24) is 0 Å². The van der Waals surface area contributed by atoms with Gasteiger partial charge in [0.15, 0.2) is 18.0 Å². The number of benzene rings is 1. The zero-order chi connectivity index (χ0) is 18.0. The second-order valence-corrected chi connectivity index (χ2v) is 7.12. The first-order chi connectivity index (χ1) is 11.1. The van der Waals surface area contributed by atoms with Gasteiger partial charge in [-0.25, -0.2) is 0 Å². The predicted octanol–water partition coefficient (Wildman–Crippen LogP) is -0.319. The number of quaternary nitrogens is 2. The Hall–Kier alpha value is -1.93. The molecule has 1 aromatic carbocycles. The molecule has 1 amide bonds. The molecule has 4 N–H and O–H groups in total. The molecule has 0 saturated heterocycles. The zero-order valence-corrected chi connectivity index (χ0v) is 14.4. The molecule has 0 bridgehead atoms. The van der Waals surface area contributed by atoms with Gasteiger partial charge in [-0.05, 0) is 26.0 Å². The molecule has 1 aliphatic heterocycles. The van der Waals surface area contributed by atoms with E-state index >= 15 is 0 Å². The third-order valence-corrected chi connectivity index (χ3v) is 3.54. The SMILES string of the molecule is C[NH+](C)CC(C)(C)C[NH2+]CC(=O)Nc1ccc2c(c1)OC(F)(F)O2. The van der Waals surface area contributed by atoms with E-state index in [1.165, 1.54) is 23.1 Å². The Morgan fingerprint density at radius 1 is 1.29 bits per heavy atom. The highest BCUT2D eigenvalue weighted by atomic mass is 19.3. The van der Waals surface area contributed by atoms with Crippen LogP contribution in [0, 0.1) is 5.41 Å². The predicted molar refractivity (Wildman–Crippen MR) is 84.4 cm³/mol. The van der Waals surface area contributed by atoms with Crippen LogP contribution in [-0.2, 0) is 4.79 Å². The second-order valence-electron chi connectivity index (χ2n) is 7.12. The smallest absolute Gasteiger partial charge is 0.395 e. The molecular weight excluding hydrogens is 320 g/mol. The van der Waals surface area contributed by atoms with Gasteiger partial charge < -0.3 is 25.0 Å². The Labute approximate surface area is 140 Å². The minimum atomic E-state index is -3.65. The summed E-state index contributed by atoms with van der Waals surface area (Å²) >= 11 is 0. The number of amides is 1. The van der Waals surface area contributed by atoms with Gasteiger partial charge in [0, 0.05) is 11.8 Å². The summed E-state index contributed by atoms with van der Waals surface area (Å²) in [6.07, 6.45) is -3.65. The molecule has 2 rings (SSSR count). The highest BCUT2D eigenvalue weighted by molar-refractivity contribution is 5.91. The van der Waals surface area contributed by atoms with Crippen molar-refractivity contribution in [1.29, 1.82) is 0 Å². The van der Waals surface area contributed by atoms with Gasteiger partial charge in [0.2, 0.25) is 0 Å². The molecule has 0 saturated carbocycles. The lowest BCUT2D eigenvalue weighted by atomic mass is 9.93. The molecule has 0 radical (unpaired) electrons. The Bertz CT molecular complexity index is 606. The van der Waals surface area contributed by atoms with Gasteiger partial charge in [-0.3, -0.25) is 4.79 Å². The average Bonchev–Trinajstić information content (AvgIpc) is 2.69. The maximum Gasteiger partial charge on any atom is 0.586 e. The van der Waals surface area contributed by atoms with Gasteiger partial charge in [0.1, 0.15) is 0 Å². The van der Waals surface area contributed by atoms with Gasteiger partial charge in [0.25, 0.3) is 5.91 Å². The van der Waals surface area contributed by atoms with Crippen LogP contribution in [0.25, 0.3) is 0 Å². The summed E-state index contributed by atoms with van der Waals surface area (Å²) in [7, 11) is 4.19. The number of rotatable bonds is 7. The van der Waals surface area contributed by atoms with E-state index in [0.29, 0.717) is 5.69 Å². The number of anilines is 1. The fraction of sp³-hybridized carbons (Fsp3) is 0.562. The third-order valence-electron chi connectivity index (χ3n) is 3.54. The van der Waals surface area contributed by atoms with E-state index in [4.69, 9.17) is 0 Å². The van der Waals surface area contributed by atoms with Crippen LogP contribution >= 0.6 is 0 Å². The maximum absolute atomic E-state index is 13.0. The van der Waals surface area contributed by atoms with E-state index in [2.05, 4.69) is 42.7 Å². The third kappa shape index (κ3) is 5.31. The van der Waals surface area contributed by atoms with Crippen LogP contribution in [0.5, 0.6) is 11.5 Å². The number of hydrogen-bond acceptors (Lipinski definition) is 3. The Morgan fingerprint density at radius 2 is 1.96 bits per heavy atom. The van der Waals surface area contributed by atoms with Crippen LogP contribution in [0.2, 0.25) is 0 Å². The molecule has 0 aromatic heterocycles. The van der Waals surface area contributed by atoms with Gasteiger partial charge in [0.05, 0.1) is 32.6 Å². The Balaban J connectivity index is 1.82. The number of hydrogen-bond donors (Lipinski definition) is 3. The van der Waals surface area contributed by atoms with Crippen LogP contribution in [0.4, 0.5) is 14.5 Å². The van der Waals surface area contributed by atoms with Crippen LogP contribution < -0.4 is 25.0 Å². The van der Waals surface area contributed by atoms with Gasteiger partial charge >= 0.3 is 6.29 Å². The number of halogens is 2. The van der Waals surface area contributed by atoms with Crippen LogP contribution in [0.15, 0.2) is 18.2 Å². The number of carbonyl (C=O) groups excluding carboxylic acids is 1. The summed E-state index contributed by atoms with van der Waals surface area (Å²) in [5.41, 5.74) is 0.508. The molecule has 6 nitrogen and oxygen atoms in total. The van der Waals surface area contributed by atoms with E-state index in [9.17, 15) is 13.6 Å². The quantitative estimate of drug-likeness (QED) is 0.635. The van der Waals surface area contributed by atoms with Crippen molar-refractivity contribution in [2.75, 3.05) is 39.0 Å². The lowest BCUT2D eigenvalue weighted by Crippen LogP contribution is -3.08. The molecule has 1 aliphatic rings. The zero-order valence-electron chi connectivity index (χ0n) is 14.4. The Kier molecular flexibility index (Phi) is 5.29. The number of fused-ring (bicyclic) bond motifs is 1. The first-order valence-corrected chi connectivity index (χ1v) is 7.87. The fourth-order valence-electron chi connectivity index (χ4n) is 2.86. The average molecular weight is 345 g/mol. The van der Waals surface area contributed by atoms with E-state index in [1.54, 1.807) is 0 Å². The van der Waals surface area contributed by atoms with E-state index < -0.39 is 6.29 Å². The standard InChI is InChI=1S/C16H23F2N3O3/c1-15(2,10-21(3)4)9-19-8-14(22)20-11-5-6-12-13(7-11)24-16(17,18)23-12/h5-7,19H,8-10H2,1-4H3,(H,20,22)/p+2. The number of carbonyl (C=O) groups is 1. The molecule has 0 atom stereocenters. The van der Waals surface area contributed by atoms with Gasteiger partial charge in [-0.1, -0.05) is 0 Å². The fourth-order valence-corrected chi connectivity index (χ4v) is 2.86. The van der Waals surface area contributed by atoms with Crippen LogP contribution in [0.1, 0.15) is 13.8 Å². The number of alkyl halides is 2. The molecule has 8 heteroatoms. The topological polar surface area (TPSA) is 68.6 Å². The van der Waals surface area contributed by atoms with Crippen LogP contribution in [-0.4, -0.2) is 45.9 Å². The highest BCUT2D eigenvalue weighted by Gasteiger charge is 2.43. The van der Waals surface area contributed by atoms with Crippen LogP contribution in [0.3, 0.4) is 0 Å². The molecule has 134 valence electrons. The minimum absolute atomic E-state index is 0.0440. The van der Waals surface area contributed by atoms with Crippen molar-refractivity contribution in [2.45, 2.75) is 20.1 Å². The lowest BCUT2D eigenvalue weighted by Gasteiger charge is -2.23. The number of ether oxygens (including phenoxy) is 2. The van der Waals surface area contributed by atoms with Gasteiger partial charge in [-0.2, -0.15) is 0 Å². The normalized spacial score (nSPS) is 15.6. The molecule has 0 aliphatic carbocycles. The van der Waals surface area contributed by atoms with Crippen molar-refractivity contribution in [2.24, 2.45) is 5.41 Å². The summed E-state index contributed by atoms with van der Waals surface area (Å²) in [5, 5.41) is 4.61. The molecule has 24 heavy (non-hydrogen) atoms. The minimum Gasteiger partial charge on any atom is -0.395 e. The van der Waals surface area contributed by atoms with E-state index in [1.807, 2.05) is 5.32 Å². The molecule has 0 fully saturated rings. The second kappa shape index (κ2) is 6.90. The van der Waals surface area contributed by atoms with Crippen molar-refractivity contribution in [3.63, 3.8) is 0 Å². The van der Waals surface area contributed by atoms with E-state index in [0.717, 1.165) is 13.1 Å². The van der Waals surface area contributed by atoms with Gasteiger partial charge in [-0.15, -0.1) is 8.78 Å². The number of nitrogens with two attached hydrogens (primary N) is 1. The molecule has 0 unspecified atom stereocenters. The van der Waals surface area contributed by atoms with Crippen molar-refractivity contribution < 1.29 is 33.3 Å². The summed E-state index contributed by atoms with van der Waals surface area (Å²) in [5.74, 6) is -0.331. The molecule has 1 heterocycles. The molecule has 1 aromatic rings. The monoisotopic (exact) mass is 345 g/mol. The first kappa shape index (κ1) is 18.4. The summed E-state index contributed by atoms with van der Waals surface area (Å²) in [4.78, 5) is 13.3. The van der Waals surface area contributed by atoms with Crippen molar-refractivity contribution in [3.8, 4) is 11.5 Å². The molecule has 0 spiro atoms. The maximum atomic E-state index is 13.0. The summed E-state index contributed by atoms with van der Waals surface area (Å²) in [6.45, 7) is 6.40. The van der Waals surface area contributed by atoms with E-state index in [-0.39, 0.29) is 29.4 Å². The van der Waals surface area contributed by atoms with Crippen molar-refractivity contribution >= 4 is 11.6 Å². The Morgan fingerprint density at radius 3 is 2.62 bits per heavy atom. The summed E-state index contributed by atoms with van der Waals surface area (Å²) in [6, 6.07) is 4.17. The summed E-state index contributed by atoms with van der Waals surface area (Å²) < 4.78 is 34.6. The van der Waals surface area contributed by atoms with Crippen molar-refractivity contribution in [3.05, 3.63) is 18.2 Å².